The maximum absolute atomic E-state index is 11.5. The first-order chi connectivity index (χ1) is 7.36. The summed E-state index contributed by atoms with van der Waals surface area (Å²) in [6, 6.07) is 11.0. The van der Waals surface area contributed by atoms with Crippen molar-refractivity contribution in [3.8, 4) is 0 Å². The van der Waals surface area contributed by atoms with E-state index in [4.69, 9.17) is 0 Å². The first-order valence-electron chi connectivity index (χ1n) is 4.52. The van der Waals surface area contributed by atoms with E-state index >= 15 is 0 Å². The lowest BCUT2D eigenvalue weighted by atomic mass is 10.2. The van der Waals surface area contributed by atoms with Crippen LogP contribution in [0.1, 0.15) is 15.9 Å². The minimum atomic E-state index is -0.207. The van der Waals surface area contributed by atoms with Gasteiger partial charge in [0, 0.05) is 17.3 Å². The molecule has 0 saturated heterocycles. The van der Waals surface area contributed by atoms with E-state index in [9.17, 15) is 4.79 Å². The SMILES string of the molecule is O=C(N=Cc1ccsc1)c1ccccc1. The fraction of sp³-hybridized carbons (Fsp3) is 0. The minimum Gasteiger partial charge on any atom is -0.267 e. The molecule has 0 unspecified atom stereocenters. The molecule has 1 amide bonds. The predicted molar refractivity (Wildman–Crippen MR) is 62.7 cm³/mol. The van der Waals surface area contributed by atoms with Gasteiger partial charge in [0.1, 0.15) is 0 Å². The second kappa shape index (κ2) is 4.66. The summed E-state index contributed by atoms with van der Waals surface area (Å²) in [5, 5.41) is 3.90. The molecule has 0 N–H and O–H groups in total. The number of hydrogen-bond donors (Lipinski definition) is 0. The number of carbonyl (C=O) groups excluding carboxylic acids is 1. The molecule has 2 nitrogen and oxygen atoms in total. The molecule has 0 aliphatic carbocycles. The molecule has 1 heterocycles. The van der Waals surface area contributed by atoms with Gasteiger partial charge >= 0.3 is 0 Å². The molecule has 2 aromatic rings. The molecule has 1 aromatic carbocycles. The van der Waals surface area contributed by atoms with Crippen LogP contribution in [0.5, 0.6) is 0 Å². The van der Waals surface area contributed by atoms with Gasteiger partial charge in [0.05, 0.1) is 0 Å². The van der Waals surface area contributed by atoms with Crippen LogP contribution in [-0.2, 0) is 0 Å². The monoisotopic (exact) mass is 215 g/mol. The fourth-order valence-corrected chi connectivity index (χ4v) is 1.75. The molecule has 2 rings (SSSR count). The van der Waals surface area contributed by atoms with Gasteiger partial charge in [-0.3, -0.25) is 4.79 Å². The second-order valence-corrected chi connectivity index (χ2v) is 3.77. The second-order valence-electron chi connectivity index (χ2n) is 2.99. The molecule has 74 valence electrons. The highest BCUT2D eigenvalue weighted by molar-refractivity contribution is 7.08. The van der Waals surface area contributed by atoms with Crippen LogP contribution in [0.4, 0.5) is 0 Å². The van der Waals surface area contributed by atoms with Crippen LogP contribution < -0.4 is 0 Å². The van der Waals surface area contributed by atoms with Crippen LogP contribution in [0, 0.1) is 0 Å². The Hall–Kier alpha value is -1.74. The molecule has 0 radical (unpaired) electrons. The maximum Gasteiger partial charge on any atom is 0.276 e. The van der Waals surface area contributed by atoms with Crippen molar-refractivity contribution in [2.45, 2.75) is 0 Å². The third-order valence-electron chi connectivity index (χ3n) is 1.89. The number of nitrogens with zero attached hydrogens (tertiary/aromatic N) is 1. The number of thiophene rings is 1. The predicted octanol–water partition coefficient (Wildman–Crippen LogP) is 3.01. The summed E-state index contributed by atoms with van der Waals surface area (Å²) in [7, 11) is 0. The van der Waals surface area contributed by atoms with Crippen molar-refractivity contribution in [1.82, 2.24) is 0 Å². The van der Waals surface area contributed by atoms with Gasteiger partial charge in [-0.05, 0) is 29.0 Å². The van der Waals surface area contributed by atoms with Gasteiger partial charge < -0.3 is 0 Å². The summed E-state index contributed by atoms with van der Waals surface area (Å²) in [5.41, 5.74) is 1.58. The summed E-state index contributed by atoms with van der Waals surface area (Å²) in [6.07, 6.45) is 1.59. The Bertz CT molecular complexity index is 460. The fourth-order valence-electron chi connectivity index (χ4n) is 1.14. The van der Waals surface area contributed by atoms with Crippen LogP contribution in [0.25, 0.3) is 0 Å². The molecule has 0 aliphatic heterocycles. The lowest BCUT2D eigenvalue weighted by Gasteiger charge is -1.92. The van der Waals surface area contributed by atoms with Crippen molar-refractivity contribution in [3.05, 3.63) is 58.3 Å². The lowest BCUT2D eigenvalue weighted by molar-refractivity contribution is 0.100. The van der Waals surface area contributed by atoms with E-state index in [-0.39, 0.29) is 5.91 Å². The Labute approximate surface area is 91.9 Å². The Morgan fingerprint density at radius 3 is 2.67 bits per heavy atom. The van der Waals surface area contributed by atoms with E-state index in [0.29, 0.717) is 5.56 Å². The van der Waals surface area contributed by atoms with E-state index in [1.165, 1.54) is 0 Å². The zero-order valence-electron chi connectivity index (χ0n) is 7.96. The number of amides is 1. The van der Waals surface area contributed by atoms with E-state index in [1.807, 2.05) is 35.0 Å². The topological polar surface area (TPSA) is 29.4 Å². The first-order valence-corrected chi connectivity index (χ1v) is 5.46. The van der Waals surface area contributed by atoms with Gasteiger partial charge in [0.2, 0.25) is 0 Å². The first kappa shape index (κ1) is 9.80. The summed E-state index contributed by atoms with van der Waals surface area (Å²) >= 11 is 1.58. The normalized spacial score (nSPS) is 10.7. The Morgan fingerprint density at radius 2 is 2.00 bits per heavy atom. The molecule has 3 heteroatoms. The van der Waals surface area contributed by atoms with Crippen molar-refractivity contribution in [2.75, 3.05) is 0 Å². The van der Waals surface area contributed by atoms with Crippen molar-refractivity contribution in [3.63, 3.8) is 0 Å². The zero-order valence-corrected chi connectivity index (χ0v) is 8.78. The molecular formula is C12H9NOS. The molecule has 0 atom stereocenters. The molecule has 0 fully saturated rings. The highest BCUT2D eigenvalue weighted by Gasteiger charge is 2.00. The molecule has 15 heavy (non-hydrogen) atoms. The van der Waals surface area contributed by atoms with Crippen molar-refractivity contribution in [2.24, 2.45) is 4.99 Å². The van der Waals surface area contributed by atoms with E-state index in [2.05, 4.69) is 4.99 Å². The van der Waals surface area contributed by atoms with Crippen LogP contribution in [0.2, 0.25) is 0 Å². The summed E-state index contributed by atoms with van der Waals surface area (Å²) in [5.74, 6) is -0.207. The van der Waals surface area contributed by atoms with Gasteiger partial charge in [0.25, 0.3) is 5.91 Å². The maximum atomic E-state index is 11.5. The van der Waals surface area contributed by atoms with Crippen molar-refractivity contribution in [1.29, 1.82) is 0 Å². The number of hydrogen-bond acceptors (Lipinski definition) is 2. The number of benzene rings is 1. The Morgan fingerprint density at radius 1 is 1.20 bits per heavy atom. The zero-order chi connectivity index (χ0) is 10.5. The Kier molecular flexibility index (Phi) is 3.05. The average Bonchev–Trinajstić information content (AvgIpc) is 2.80. The summed E-state index contributed by atoms with van der Waals surface area (Å²) in [6.45, 7) is 0. The van der Waals surface area contributed by atoms with Gasteiger partial charge in [-0.25, -0.2) is 4.99 Å². The van der Waals surface area contributed by atoms with Crippen molar-refractivity contribution < 1.29 is 4.79 Å². The van der Waals surface area contributed by atoms with Gasteiger partial charge in [-0.2, -0.15) is 11.3 Å². The summed E-state index contributed by atoms with van der Waals surface area (Å²) in [4.78, 5) is 15.4. The molecular weight excluding hydrogens is 206 g/mol. The largest absolute Gasteiger partial charge is 0.276 e. The van der Waals surface area contributed by atoms with Crippen LogP contribution in [0.3, 0.4) is 0 Å². The number of carbonyl (C=O) groups is 1. The highest BCUT2D eigenvalue weighted by atomic mass is 32.1. The van der Waals surface area contributed by atoms with Gasteiger partial charge in [-0.15, -0.1) is 0 Å². The number of aliphatic imine (C=N–C) groups is 1. The Balaban J connectivity index is 2.11. The van der Waals surface area contributed by atoms with Crippen LogP contribution >= 0.6 is 11.3 Å². The lowest BCUT2D eigenvalue weighted by Crippen LogP contribution is -1.94. The van der Waals surface area contributed by atoms with Crippen LogP contribution in [0.15, 0.2) is 52.2 Å². The third-order valence-corrected chi connectivity index (χ3v) is 2.60. The van der Waals surface area contributed by atoms with Crippen LogP contribution in [-0.4, -0.2) is 12.1 Å². The van der Waals surface area contributed by atoms with Crippen molar-refractivity contribution >= 4 is 23.5 Å². The standard InChI is InChI=1S/C12H9NOS/c14-12(11-4-2-1-3-5-11)13-8-10-6-7-15-9-10/h1-9H. The van der Waals surface area contributed by atoms with Gasteiger partial charge in [-0.1, -0.05) is 18.2 Å². The quantitative estimate of drug-likeness (QED) is 0.708. The molecule has 1 aromatic heterocycles. The molecule has 0 spiro atoms. The third kappa shape index (κ3) is 2.60. The minimum absolute atomic E-state index is 0.207. The molecule has 0 bridgehead atoms. The summed E-state index contributed by atoms with van der Waals surface area (Å²) < 4.78 is 0. The molecule has 0 aliphatic rings. The van der Waals surface area contributed by atoms with E-state index < -0.39 is 0 Å². The highest BCUT2D eigenvalue weighted by Crippen LogP contribution is 2.04. The van der Waals surface area contributed by atoms with E-state index in [0.717, 1.165) is 5.56 Å². The molecule has 0 saturated carbocycles. The number of rotatable bonds is 2. The smallest absolute Gasteiger partial charge is 0.267 e. The average molecular weight is 215 g/mol. The van der Waals surface area contributed by atoms with E-state index in [1.54, 1.807) is 29.7 Å². The van der Waals surface area contributed by atoms with Gasteiger partial charge in [0.15, 0.2) is 0 Å².